The van der Waals surface area contributed by atoms with Crippen molar-refractivity contribution in [2.24, 2.45) is 0 Å². The maximum Gasteiger partial charge on any atom is 0.255 e. The first kappa shape index (κ1) is 17.3. The number of rotatable bonds is 4. The monoisotopic (exact) mass is 366 g/mol. The molecule has 6 heteroatoms. The van der Waals surface area contributed by atoms with Crippen molar-refractivity contribution in [2.45, 2.75) is 32.4 Å². The van der Waals surface area contributed by atoms with E-state index in [2.05, 4.69) is 10.2 Å². The lowest BCUT2D eigenvalue weighted by Gasteiger charge is -2.32. The van der Waals surface area contributed by atoms with Crippen molar-refractivity contribution in [1.82, 2.24) is 10.2 Å². The minimum atomic E-state index is -0.0551. The molecule has 0 saturated carbocycles. The van der Waals surface area contributed by atoms with Gasteiger partial charge in [-0.2, -0.15) is 0 Å². The molecule has 2 aromatic rings. The van der Waals surface area contributed by atoms with Gasteiger partial charge in [-0.3, -0.25) is 9.69 Å². The van der Waals surface area contributed by atoms with Crippen LogP contribution in [0.3, 0.4) is 0 Å². The van der Waals surface area contributed by atoms with Gasteiger partial charge < -0.3 is 9.73 Å². The van der Waals surface area contributed by atoms with Gasteiger partial charge in [-0.05, 0) is 43.5 Å². The van der Waals surface area contributed by atoms with Gasteiger partial charge in [-0.1, -0.05) is 29.3 Å². The molecule has 128 valence electrons. The van der Waals surface area contributed by atoms with Crippen molar-refractivity contribution >= 4 is 29.1 Å². The third kappa shape index (κ3) is 4.12. The predicted molar refractivity (Wildman–Crippen MR) is 95.7 cm³/mol. The number of amides is 1. The molecule has 24 heavy (non-hydrogen) atoms. The van der Waals surface area contributed by atoms with Crippen LogP contribution in [0.4, 0.5) is 0 Å². The van der Waals surface area contributed by atoms with Crippen molar-refractivity contribution in [2.75, 3.05) is 13.1 Å². The van der Waals surface area contributed by atoms with Gasteiger partial charge in [0.25, 0.3) is 5.91 Å². The molecule has 1 aliphatic rings. The third-order valence-corrected chi connectivity index (χ3v) is 5.02. The van der Waals surface area contributed by atoms with E-state index in [1.165, 1.54) is 0 Å². The van der Waals surface area contributed by atoms with E-state index < -0.39 is 0 Å². The fraction of sp³-hybridized carbons (Fsp3) is 0.389. The Hall–Kier alpha value is -1.49. The second-order valence-corrected chi connectivity index (χ2v) is 6.99. The molecule has 4 nitrogen and oxygen atoms in total. The topological polar surface area (TPSA) is 45.5 Å². The van der Waals surface area contributed by atoms with Crippen LogP contribution in [-0.2, 0) is 6.54 Å². The molecule has 0 spiro atoms. The van der Waals surface area contributed by atoms with Gasteiger partial charge in [0.1, 0.15) is 5.76 Å². The van der Waals surface area contributed by atoms with E-state index in [4.69, 9.17) is 27.6 Å². The van der Waals surface area contributed by atoms with Gasteiger partial charge in [0.15, 0.2) is 0 Å². The lowest BCUT2D eigenvalue weighted by Crippen LogP contribution is -2.44. The SMILES string of the molecule is Cc1occc1C(=O)NC1CCN(Cc2ccc(Cl)cc2Cl)CC1. The summed E-state index contributed by atoms with van der Waals surface area (Å²) in [5, 5.41) is 4.45. The van der Waals surface area contributed by atoms with Gasteiger partial charge in [0.05, 0.1) is 11.8 Å². The molecule has 1 aromatic heterocycles. The molecule has 1 amide bonds. The van der Waals surface area contributed by atoms with Crippen molar-refractivity contribution in [3.8, 4) is 0 Å². The highest BCUT2D eigenvalue weighted by molar-refractivity contribution is 6.35. The van der Waals surface area contributed by atoms with E-state index in [0.29, 0.717) is 21.4 Å². The average Bonchev–Trinajstić information content (AvgIpc) is 2.98. The Morgan fingerprint density at radius 2 is 2.04 bits per heavy atom. The minimum Gasteiger partial charge on any atom is -0.469 e. The molecule has 0 bridgehead atoms. The van der Waals surface area contributed by atoms with Crippen molar-refractivity contribution < 1.29 is 9.21 Å². The average molecular weight is 367 g/mol. The normalized spacial score (nSPS) is 16.3. The Morgan fingerprint density at radius 1 is 1.29 bits per heavy atom. The van der Waals surface area contributed by atoms with Crippen LogP contribution in [0.1, 0.15) is 34.5 Å². The van der Waals surface area contributed by atoms with E-state index >= 15 is 0 Å². The van der Waals surface area contributed by atoms with Gasteiger partial charge >= 0.3 is 0 Å². The van der Waals surface area contributed by atoms with E-state index in [1.807, 2.05) is 12.1 Å². The Bertz CT molecular complexity index is 722. The Morgan fingerprint density at radius 3 is 2.67 bits per heavy atom. The lowest BCUT2D eigenvalue weighted by molar-refractivity contribution is 0.0907. The highest BCUT2D eigenvalue weighted by Crippen LogP contribution is 2.23. The fourth-order valence-electron chi connectivity index (χ4n) is 3.01. The number of carbonyl (C=O) groups is 1. The number of hydrogen-bond acceptors (Lipinski definition) is 3. The van der Waals surface area contributed by atoms with Gasteiger partial charge in [-0.25, -0.2) is 0 Å². The summed E-state index contributed by atoms with van der Waals surface area (Å²) in [4.78, 5) is 14.6. The molecule has 1 aromatic carbocycles. The summed E-state index contributed by atoms with van der Waals surface area (Å²) in [6, 6.07) is 7.52. The van der Waals surface area contributed by atoms with Crippen LogP contribution in [0.2, 0.25) is 10.0 Å². The molecule has 1 saturated heterocycles. The number of carbonyl (C=O) groups excluding carboxylic acids is 1. The number of likely N-dealkylation sites (tertiary alicyclic amines) is 1. The summed E-state index contributed by atoms with van der Waals surface area (Å²) in [6.07, 6.45) is 3.39. The van der Waals surface area contributed by atoms with Gasteiger partial charge in [0.2, 0.25) is 0 Å². The zero-order valence-electron chi connectivity index (χ0n) is 13.5. The highest BCUT2D eigenvalue weighted by atomic mass is 35.5. The van der Waals surface area contributed by atoms with Crippen molar-refractivity contribution in [3.63, 3.8) is 0 Å². The first-order valence-corrected chi connectivity index (χ1v) is 8.80. The van der Waals surface area contributed by atoms with Crippen molar-refractivity contribution in [1.29, 1.82) is 0 Å². The number of nitrogens with one attached hydrogen (secondary N) is 1. The summed E-state index contributed by atoms with van der Waals surface area (Å²) < 4.78 is 5.19. The largest absolute Gasteiger partial charge is 0.469 e. The summed E-state index contributed by atoms with van der Waals surface area (Å²) in [5.41, 5.74) is 1.70. The summed E-state index contributed by atoms with van der Waals surface area (Å²) >= 11 is 12.2. The summed E-state index contributed by atoms with van der Waals surface area (Å²) in [7, 11) is 0. The lowest BCUT2D eigenvalue weighted by atomic mass is 10.0. The standard InChI is InChI=1S/C18H20Cl2N2O2/c1-12-16(6-9-24-12)18(23)21-15-4-7-22(8-5-15)11-13-2-3-14(19)10-17(13)20/h2-3,6,9-10,15H,4-5,7-8,11H2,1H3,(H,21,23). The second kappa shape index (κ2) is 7.60. The quantitative estimate of drug-likeness (QED) is 0.877. The summed E-state index contributed by atoms with van der Waals surface area (Å²) in [6.45, 7) is 4.45. The second-order valence-electron chi connectivity index (χ2n) is 6.15. The molecule has 0 aliphatic carbocycles. The molecule has 1 aliphatic heterocycles. The van der Waals surface area contributed by atoms with Crippen LogP contribution in [0.25, 0.3) is 0 Å². The molecular formula is C18H20Cl2N2O2. The number of hydrogen-bond donors (Lipinski definition) is 1. The van der Waals surface area contributed by atoms with Crippen LogP contribution in [-0.4, -0.2) is 29.9 Å². The number of aryl methyl sites for hydroxylation is 1. The van der Waals surface area contributed by atoms with E-state index in [-0.39, 0.29) is 11.9 Å². The first-order valence-electron chi connectivity index (χ1n) is 8.04. The molecule has 0 unspecified atom stereocenters. The molecule has 1 N–H and O–H groups in total. The van der Waals surface area contributed by atoms with Crippen LogP contribution in [0.5, 0.6) is 0 Å². The molecule has 3 rings (SSSR count). The molecular weight excluding hydrogens is 347 g/mol. The Balaban J connectivity index is 1.51. The zero-order chi connectivity index (χ0) is 17.1. The third-order valence-electron chi connectivity index (χ3n) is 4.44. The number of furan rings is 1. The van der Waals surface area contributed by atoms with E-state index in [9.17, 15) is 4.79 Å². The van der Waals surface area contributed by atoms with E-state index in [0.717, 1.165) is 38.0 Å². The summed E-state index contributed by atoms with van der Waals surface area (Å²) in [5.74, 6) is 0.600. The van der Waals surface area contributed by atoms with Gasteiger partial charge in [0, 0.05) is 35.7 Å². The Labute approximate surface area is 151 Å². The molecule has 2 heterocycles. The van der Waals surface area contributed by atoms with Crippen LogP contribution >= 0.6 is 23.2 Å². The first-order chi connectivity index (χ1) is 11.5. The van der Waals surface area contributed by atoms with Crippen LogP contribution < -0.4 is 5.32 Å². The van der Waals surface area contributed by atoms with Gasteiger partial charge in [-0.15, -0.1) is 0 Å². The predicted octanol–water partition coefficient (Wildman–Crippen LogP) is 4.29. The van der Waals surface area contributed by atoms with Crippen molar-refractivity contribution in [3.05, 3.63) is 57.5 Å². The highest BCUT2D eigenvalue weighted by Gasteiger charge is 2.22. The number of piperidine rings is 1. The van der Waals surface area contributed by atoms with Crippen LogP contribution in [0, 0.1) is 6.92 Å². The zero-order valence-corrected chi connectivity index (χ0v) is 15.0. The van der Waals surface area contributed by atoms with Crippen LogP contribution in [0.15, 0.2) is 34.9 Å². The smallest absolute Gasteiger partial charge is 0.255 e. The number of halogens is 2. The van der Waals surface area contributed by atoms with E-state index in [1.54, 1.807) is 25.3 Å². The fourth-order valence-corrected chi connectivity index (χ4v) is 3.48. The molecule has 0 atom stereocenters. The number of benzene rings is 1. The molecule has 0 radical (unpaired) electrons. The maximum absolute atomic E-state index is 12.2. The number of nitrogens with zero attached hydrogens (tertiary/aromatic N) is 1. The Kier molecular flexibility index (Phi) is 5.49. The minimum absolute atomic E-state index is 0.0551. The molecule has 1 fully saturated rings. The maximum atomic E-state index is 12.2.